The van der Waals surface area contributed by atoms with Gasteiger partial charge < -0.3 is 15.0 Å². The lowest BCUT2D eigenvalue weighted by molar-refractivity contribution is -0.907. The Balaban J connectivity index is 1.85. The highest BCUT2D eigenvalue weighted by molar-refractivity contribution is 5.78. The zero-order chi connectivity index (χ0) is 14.0. The number of nitrogens with zero attached hydrogens (tertiary/aromatic N) is 1. The summed E-state index contributed by atoms with van der Waals surface area (Å²) in [6, 6.07) is 2.26. The third-order valence-corrected chi connectivity index (χ3v) is 4.05. The molecule has 2 rings (SSSR count). The quantitative estimate of drug-likeness (QED) is 0.720. The summed E-state index contributed by atoms with van der Waals surface area (Å²) in [7, 11) is 0. The summed E-state index contributed by atoms with van der Waals surface area (Å²) in [5.74, 6) is 0.311. The van der Waals surface area contributed by atoms with Crippen molar-refractivity contribution in [3.05, 3.63) is 0 Å². The normalized spacial score (nSPS) is 34.1. The number of carbonyl (C=O) groups is 1. The predicted molar refractivity (Wildman–Crippen MR) is 70.5 cm³/mol. The summed E-state index contributed by atoms with van der Waals surface area (Å²) in [4.78, 5) is 13.3. The number of morpholine rings is 1. The molecular formula is C14H24N3O2+. The Morgan fingerprint density at radius 1 is 1.42 bits per heavy atom. The first kappa shape index (κ1) is 14.3. The number of hydrogen-bond acceptors (Lipinski definition) is 3. The Morgan fingerprint density at radius 2 is 2.00 bits per heavy atom. The van der Waals surface area contributed by atoms with Crippen LogP contribution in [0.4, 0.5) is 0 Å². The Labute approximate surface area is 114 Å². The van der Waals surface area contributed by atoms with Crippen LogP contribution in [0.25, 0.3) is 0 Å². The zero-order valence-electron chi connectivity index (χ0n) is 12.0. The van der Waals surface area contributed by atoms with E-state index in [1.54, 1.807) is 0 Å². The van der Waals surface area contributed by atoms with Gasteiger partial charge in [0.05, 0.1) is 6.07 Å². The van der Waals surface area contributed by atoms with Crippen molar-refractivity contribution >= 4 is 5.91 Å². The van der Waals surface area contributed by atoms with Crippen LogP contribution in [-0.2, 0) is 9.53 Å². The van der Waals surface area contributed by atoms with E-state index in [0.29, 0.717) is 12.5 Å². The fourth-order valence-electron chi connectivity index (χ4n) is 2.98. The fraction of sp³-hybridized carbons (Fsp3) is 0.857. The lowest BCUT2D eigenvalue weighted by atomic mass is 9.98. The molecular weight excluding hydrogens is 242 g/mol. The molecule has 0 bridgehead atoms. The number of nitrogens with one attached hydrogen (secondary N) is 2. The third kappa shape index (κ3) is 3.68. The van der Waals surface area contributed by atoms with Crippen molar-refractivity contribution in [2.75, 3.05) is 19.6 Å². The van der Waals surface area contributed by atoms with Crippen LogP contribution < -0.4 is 10.2 Å². The van der Waals surface area contributed by atoms with E-state index in [4.69, 9.17) is 4.74 Å². The molecule has 1 saturated carbocycles. The van der Waals surface area contributed by atoms with Crippen molar-refractivity contribution in [3.63, 3.8) is 0 Å². The van der Waals surface area contributed by atoms with Crippen LogP contribution >= 0.6 is 0 Å². The molecule has 2 N–H and O–H groups in total. The van der Waals surface area contributed by atoms with E-state index < -0.39 is 5.54 Å². The van der Waals surface area contributed by atoms with Gasteiger partial charge in [-0.15, -0.1) is 0 Å². The fourth-order valence-corrected chi connectivity index (χ4v) is 2.98. The van der Waals surface area contributed by atoms with E-state index >= 15 is 0 Å². The average molecular weight is 266 g/mol. The Morgan fingerprint density at radius 3 is 2.47 bits per heavy atom. The van der Waals surface area contributed by atoms with Crippen LogP contribution in [-0.4, -0.2) is 43.3 Å². The molecule has 5 nitrogen and oxygen atoms in total. The molecule has 1 heterocycles. The van der Waals surface area contributed by atoms with Crippen LogP contribution in [0, 0.1) is 17.2 Å². The molecule has 106 valence electrons. The van der Waals surface area contributed by atoms with E-state index in [1.165, 1.54) is 4.90 Å². The number of quaternary nitrogens is 1. The second-order valence-electron chi connectivity index (χ2n) is 6.23. The summed E-state index contributed by atoms with van der Waals surface area (Å²) < 4.78 is 5.66. The van der Waals surface area contributed by atoms with E-state index in [1.807, 2.05) is 20.8 Å². The highest BCUT2D eigenvalue weighted by Crippen LogP contribution is 2.39. The first-order valence-electron chi connectivity index (χ1n) is 7.14. The number of hydrogen-bond donors (Lipinski definition) is 2. The number of ether oxygens (including phenoxy) is 1. The van der Waals surface area contributed by atoms with Gasteiger partial charge in [0.15, 0.2) is 6.54 Å². The lowest BCUT2D eigenvalue weighted by Gasteiger charge is -2.32. The van der Waals surface area contributed by atoms with Gasteiger partial charge in [-0.25, -0.2) is 0 Å². The molecule has 0 radical (unpaired) electrons. The molecule has 1 amide bonds. The predicted octanol–water partition coefficient (Wildman–Crippen LogP) is -0.513. The highest BCUT2D eigenvalue weighted by atomic mass is 16.5. The maximum atomic E-state index is 12.1. The van der Waals surface area contributed by atoms with Gasteiger partial charge in [-0.1, -0.05) is 0 Å². The smallest absolute Gasteiger partial charge is 0.276 e. The zero-order valence-corrected chi connectivity index (χ0v) is 12.0. The van der Waals surface area contributed by atoms with Crippen LogP contribution in [0.3, 0.4) is 0 Å². The van der Waals surface area contributed by atoms with Crippen molar-refractivity contribution in [1.82, 2.24) is 5.32 Å². The monoisotopic (exact) mass is 266 g/mol. The van der Waals surface area contributed by atoms with E-state index in [2.05, 4.69) is 11.4 Å². The molecule has 2 fully saturated rings. The summed E-state index contributed by atoms with van der Waals surface area (Å²) >= 11 is 0. The Hall–Kier alpha value is -1.12. The van der Waals surface area contributed by atoms with Gasteiger partial charge in [-0.05, 0) is 39.5 Å². The standard InChI is InChI=1S/C14H23N3O2/c1-10-6-17(7-11(2)19-10)8-13(18)16-14(3,9-15)12-4-5-12/h10-12H,4-8H2,1-3H3,(H,16,18)/p+1/t10-,11-,14+/m1/s1. The molecule has 0 aromatic carbocycles. The van der Waals surface area contributed by atoms with E-state index in [-0.39, 0.29) is 18.1 Å². The Bertz CT molecular complexity index is 379. The van der Waals surface area contributed by atoms with Crippen LogP contribution in [0.1, 0.15) is 33.6 Å². The van der Waals surface area contributed by atoms with Gasteiger partial charge in [-0.2, -0.15) is 5.26 Å². The SMILES string of the molecule is C[C@@H]1C[NH+](CC(=O)N[C@@](C)(C#N)C2CC2)C[C@@H](C)O1. The van der Waals surface area contributed by atoms with Crippen LogP contribution in [0.15, 0.2) is 0 Å². The van der Waals surface area contributed by atoms with Crippen molar-refractivity contribution in [1.29, 1.82) is 5.26 Å². The average Bonchev–Trinajstić information content (AvgIpc) is 3.10. The highest BCUT2D eigenvalue weighted by Gasteiger charge is 2.43. The molecule has 0 unspecified atom stereocenters. The molecule has 19 heavy (non-hydrogen) atoms. The minimum Gasteiger partial charge on any atom is -0.364 e. The molecule has 1 saturated heterocycles. The number of amides is 1. The van der Waals surface area contributed by atoms with Gasteiger partial charge in [0.2, 0.25) is 0 Å². The minimum atomic E-state index is -0.681. The van der Waals surface area contributed by atoms with Gasteiger partial charge in [0.1, 0.15) is 30.8 Å². The first-order valence-corrected chi connectivity index (χ1v) is 7.14. The van der Waals surface area contributed by atoms with E-state index in [0.717, 1.165) is 25.9 Å². The van der Waals surface area contributed by atoms with Gasteiger partial charge in [-0.3, -0.25) is 4.79 Å². The van der Waals surface area contributed by atoms with Gasteiger partial charge in [0.25, 0.3) is 5.91 Å². The van der Waals surface area contributed by atoms with Gasteiger partial charge in [0, 0.05) is 0 Å². The second-order valence-corrected chi connectivity index (χ2v) is 6.23. The van der Waals surface area contributed by atoms with Crippen molar-refractivity contribution in [3.8, 4) is 6.07 Å². The summed E-state index contributed by atoms with van der Waals surface area (Å²) in [6.45, 7) is 8.05. The first-order chi connectivity index (χ1) is 8.93. The molecule has 1 aliphatic heterocycles. The molecule has 2 aliphatic rings. The summed E-state index contributed by atoms with van der Waals surface area (Å²) in [5, 5.41) is 12.2. The minimum absolute atomic E-state index is 0.0211. The molecule has 5 heteroatoms. The van der Waals surface area contributed by atoms with Crippen LogP contribution in [0.5, 0.6) is 0 Å². The largest absolute Gasteiger partial charge is 0.364 e. The third-order valence-electron chi connectivity index (χ3n) is 4.05. The van der Waals surface area contributed by atoms with Crippen LogP contribution in [0.2, 0.25) is 0 Å². The molecule has 1 aliphatic carbocycles. The number of nitriles is 1. The number of carbonyl (C=O) groups excluding carboxylic acids is 1. The van der Waals surface area contributed by atoms with Crippen molar-refractivity contribution in [2.24, 2.45) is 5.92 Å². The topological polar surface area (TPSA) is 66.6 Å². The molecule has 0 aromatic rings. The van der Waals surface area contributed by atoms with Crippen molar-refractivity contribution < 1.29 is 14.4 Å². The Kier molecular flexibility index (Phi) is 4.12. The van der Waals surface area contributed by atoms with Gasteiger partial charge >= 0.3 is 0 Å². The molecule has 3 atom stereocenters. The number of rotatable bonds is 4. The molecule has 0 aromatic heterocycles. The molecule has 0 spiro atoms. The van der Waals surface area contributed by atoms with Crippen molar-refractivity contribution in [2.45, 2.75) is 51.4 Å². The summed E-state index contributed by atoms with van der Waals surface area (Å²) in [5.41, 5.74) is -0.681. The summed E-state index contributed by atoms with van der Waals surface area (Å²) in [6.07, 6.45) is 2.47. The maximum Gasteiger partial charge on any atom is 0.276 e. The maximum absolute atomic E-state index is 12.1. The van der Waals surface area contributed by atoms with E-state index in [9.17, 15) is 10.1 Å². The second kappa shape index (κ2) is 5.48. The lowest BCUT2D eigenvalue weighted by Crippen LogP contribution is -3.16.